The minimum absolute atomic E-state index is 0.0280. The number of carbonyl (C=O) groups excluding carboxylic acids is 1. The summed E-state index contributed by atoms with van der Waals surface area (Å²) < 4.78 is 31.1. The third-order valence-electron chi connectivity index (χ3n) is 3.73. The number of rotatable bonds is 6. The third-order valence-corrected chi connectivity index (χ3v) is 3.73. The molecule has 1 aromatic rings. The van der Waals surface area contributed by atoms with Gasteiger partial charge in [-0.1, -0.05) is 6.07 Å². The van der Waals surface area contributed by atoms with Crippen LogP contribution in [0.2, 0.25) is 0 Å². The maximum Gasteiger partial charge on any atom is 0.224 e. The first-order valence-electron chi connectivity index (χ1n) is 6.99. The van der Waals surface area contributed by atoms with Crippen molar-refractivity contribution in [2.24, 2.45) is 0 Å². The molecule has 116 valence electrons. The summed E-state index contributed by atoms with van der Waals surface area (Å²) in [5, 5.41) is 6.19. The molecule has 1 aliphatic heterocycles. The van der Waals surface area contributed by atoms with Crippen LogP contribution in [0.4, 0.5) is 8.78 Å². The van der Waals surface area contributed by atoms with Crippen molar-refractivity contribution in [1.29, 1.82) is 0 Å². The molecule has 0 aromatic heterocycles. The molecule has 2 rings (SSSR count). The van der Waals surface area contributed by atoms with Crippen molar-refractivity contribution >= 4 is 5.91 Å². The highest BCUT2D eigenvalue weighted by Crippen LogP contribution is 2.18. The molecule has 21 heavy (non-hydrogen) atoms. The topological polar surface area (TPSA) is 50.4 Å². The molecule has 0 bridgehead atoms. The summed E-state index contributed by atoms with van der Waals surface area (Å²) in [6.45, 7) is 1.89. The number of amides is 1. The molecule has 4 nitrogen and oxygen atoms in total. The Hall–Kier alpha value is -1.53. The molecule has 0 spiro atoms. The summed E-state index contributed by atoms with van der Waals surface area (Å²) >= 11 is 0. The van der Waals surface area contributed by atoms with Crippen LogP contribution in [0, 0.1) is 11.6 Å². The van der Waals surface area contributed by atoms with Gasteiger partial charge in [0.2, 0.25) is 5.91 Å². The molecule has 1 aromatic carbocycles. The monoisotopic (exact) mass is 298 g/mol. The maximum absolute atomic E-state index is 13.1. The van der Waals surface area contributed by atoms with Crippen LogP contribution in [0.3, 0.4) is 0 Å². The van der Waals surface area contributed by atoms with E-state index in [1.807, 2.05) is 0 Å². The number of hydrogen-bond acceptors (Lipinski definition) is 3. The van der Waals surface area contributed by atoms with Gasteiger partial charge >= 0.3 is 0 Å². The van der Waals surface area contributed by atoms with E-state index in [4.69, 9.17) is 4.74 Å². The zero-order valence-electron chi connectivity index (χ0n) is 12.0. The van der Waals surface area contributed by atoms with Crippen LogP contribution in [0.25, 0.3) is 0 Å². The van der Waals surface area contributed by atoms with Crippen molar-refractivity contribution in [1.82, 2.24) is 10.6 Å². The predicted octanol–water partition coefficient (Wildman–Crippen LogP) is 1.39. The molecule has 0 saturated carbocycles. The van der Waals surface area contributed by atoms with Crippen molar-refractivity contribution in [3.63, 3.8) is 0 Å². The minimum atomic E-state index is -0.936. The summed E-state index contributed by atoms with van der Waals surface area (Å²) in [7, 11) is 1.63. The lowest BCUT2D eigenvalue weighted by atomic mass is 9.98. The Morgan fingerprint density at radius 1 is 1.43 bits per heavy atom. The summed E-state index contributed by atoms with van der Waals surface area (Å²) in [5.41, 5.74) is 0.227. The molecular formula is C15H20F2N2O2. The molecular weight excluding hydrogens is 278 g/mol. The molecule has 1 heterocycles. The van der Waals surface area contributed by atoms with Crippen molar-refractivity contribution in [2.75, 3.05) is 26.8 Å². The summed E-state index contributed by atoms with van der Waals surface area (Å²) in [4.78, 5) is 11.9. The quantitative estimate of drug-likeness (QED) is 0.834. The minimum Gasteiger partial charge on any atom is -0.383 e. The van der Waals surface area contributed by atoms with Gasteiger partial charge in [0, 0.05) is 13.7 Å². The lowest BCUT2D eigenvalue weighted by Crippen LogP contribution is -2.53. The highest BCUT2D eigenvalue weighted by molar-refractivity contribution is 5.78. The molecule has 1 unspecified atom stereocenters. The van der Waals surface area contributed by atoms with Crippen LogP contribution >= 0.6 is 0 Å². The first-order chi connectivity index (χ1) is 10.0. The molecule has 0 aliphatic carbocycles. The molecule has 2 N–H and O–H groups in total. The third kappa shape index (κ3) is 4.22. The van der Waals surface area contributed by atoms with E-state index < -0.39 is 11.6 Å². The number of ether oxygens (including phenoxy) is 1. The Morgan fingerprint density at radius 3 is 2.86 bits per heavy atom. The van der Waals surface area contributed by atoms with E-state index in [2.05, 4.69) is 10.6 Å². The number of halogens is 2. The van der Waals surface area contributed by atoms with Crippen LogP contribution in [-0.4, -0.2) is 38.3 Å². The van der Waals surface area contributed by atoms with Crippen LogP contribution in [0.1, 0.15) is 18.4 Å². The van der Waals surface area contributed by atoms with Gasteiger partial charge in [-0.15, -0.1) is 0 Å². The standard InChI is InChI=1S/C15H20F2N2O2/c1-21-10-15(5-2-6-19-15)9-18-14(20)8-11-3-4-12(16)13(17)7-11/h3-4,7,19H,2,5-6,8-10H2,1H3,(H,18,20). The van der Waals surface area contributed by atoms with Gasteiger partial charge in [0.1, 0.15) is 0 Å². The van der Waals surface area contributed by atoms with Gasteiger partial charge in [0.05, 0.1) is 18.6 Å². The van der Waals surface area contributed by atoms with E-state index in [9.17, 15) is 13.6 Å². The zero-order chi connectivity index (χ0) is 15.3. The van der Waals surface area contributed by atoms with Gasteiger partial charge in [-0.05, 0) is 37.1 Å². The Balaban J connectivity index is 1.87. The first-order valence-corrected chi connectivity index (χ1v) is 6.99. The van der Waals surface area contributed by atoms with Crippen molar-refractivity contribution in [3.8, 4) is 0 Å². The van der Waals surface area contributed by atoms with Crippen LogP contribution in [0.5, 0.6) is 0 Å². The zero-order valence-corrected chi connectivity index (χ0v) is 12.0. The fraction of sp³-hybridized carbons (Fsp3) is 0.533. The van der Waals surface area contributed by atoms with E-state index in [1.54, 1.807) is 7.11 Å². The molecule has 1 aliphatic rings. The van der Waals surface area contributed by atoms with Crippen molar-refractivity contribution in [3.05, 3.63) is 35.4 Å². The van der Waals surface area contributed by atoms with Crippen LogP contribution in [-0.2, 0) is 16.0 Å². The smallest absolute Gasteiger partial charge is 0.224 e. The summed E-state index contributed by atoms with van der Waals surface area (Å²) in [6.07, 6.45) is 2.01. The second-order valence-electron chi connectivity index (χ2n) is 5.45. The molecule has 1 amide bonds. The fourth-order valence-electron chi connectivity index (χ4n) is 2.64. The molecule has 6 heteroatoms. The fourth-order valence-corrected chi connectivity index (χ4v) is 2.64. The lowest BCUT2D eigenvalue weighted by Gasteiger charge is -2.29. The predicted molar refractivity (Wildman–Crippen MR) is 74.9 cm³/mol. The Morgan fingerprint density at radius 2 is 2.24 bits per heavy atom. The lowest BCUT2D eigenvalue weighted by molar-refractivity contribution is -0.120. The van der Waals surface area contributed by atoms with Crippen molar-refractivity contribution in [2.45, 2.75) is 24.8 Å². The average Bonchev–Trinajstić information content (AvgIpc) is 2.90. The van der Waals surface area contributed by atoms with Crippen molar-refractivity contribution < 1.29 is 18.3 Å². The summed E-state index contributed by atoms with van der Waals surface area (Å²) in [6, 6.07) is 3.49. The number of methoxy groups -OCH3 is 1. The SMILES string of the molecule is COCC1(CNC(=O)Cc2ccc(F)c(F)c2)CCCN1. The van der Waals surface area contributed by atoms with E-state index >= 15 is 0 Å². The second-order valence-corrected chi connectivity index (χ2v) is 5.45. The van der Waals surface area contributed by atoms with Gasteiger partial charge < -0.3 is 15.4 Å². The molecule has 0 radical (unpaired) electrons. The number of hydrogen-bond donors (Lipinski definition) is 2. The van der Waals surface area contributed by atoms with E-state index in [-0.39, 0.29) is 17.9 Å². The van der Waals surface area contributed by atoms with Crippen LogP contribution in [0.15, 0.2) is 18.2 Å². The van der Waals surface area contributed by atoms with Gasteiger partial charge in [0.15, 0.2) is 11.6 Å². The molecule has 1 atom stereocenters. The van der Waals surface area contributed by atoms with Crippen LogP contribution < -0.4 is 10.6 Å². The van der Waals surface area contributed by atoms with Gasteiger partial charge in [-0.25, -0.2) is 8.78 Å². The Labute approximate surface area is 122 Å². The highest BCUT2D eigenvalue weighted by atomic mass is 19.2. The Kier molecular flexibility index (Phi) is 5.25. The largest absolute Gasteiger partial charge is 0.383 e. The normalized spacial score (nSPS) is 21.5. The second kappa shape index (κ2) is 6.95. The Bertz CT molecular complexity index is 502. The van der Waals surface area contributed by atoms with E-state index in [1.165, 1.54) is 6.07 Å². The van der Waals surface area contributed by atoms with E-state index in [0.29, 0.717) is 18.7 Å². The summed E-state index contributed by atoms with van der Waals surface area (Å²) in [5.74, 6) is -2.06. The van der Waals surface area contributed by atoms with Gasteiger partial charge in [0.25, 0.3) is 0 Å². The number of benzene rings is 1. The first kappa shape index (κ1) is 15.9. The molecule has 1 saturated heterocycles. The van der Waals surface area contributed by atoms with E-state index in [0.717, 1.165) is 31.5 Å². The number of carbonyl (C=O) groups is 1. The highest BCUT2D eigenvalue weighted by Gasteiger charge is 2.33. The van der Waals surface area contributed by atoms with Gasteiger partial charge in [-0.2, -0.15) is 0 Å². The maximum atomic E-state index is 13.1. The van der Waals surface area contributed by atoms with Gasteiger partial charge in [-0.3, -0.25) is 4.79 Å². The average molecular weight is 298 g/mol. The number of nitrogens with one attached hydrogen (secondary N) is 2. The molecule has 1 fully saturated rings.